The number of aromatic nitrogens is 2. The normalized spacial score (nSPS) is 11.5. The summed E-state index contributed by atoms with van der Waals surface area (Å²) in [6.45, 7) is 0. The molecule has 5 aromatic rings. The summed E-state index contributed by atoms with van der Waals surface area (Å²) in [6.07, 6.45) is 5.06. The number of nitrogens with zero attached hydrogens (tertiary/aromatic N) is 2. The van der Waals surface area contributed by atoms with Gasteiger partial charge in [0.05, 0.1) is 17.5 Å². The zero-order valence-electron chi connectivity index (χ0n) is 20.0. The predicted molar refractivity (Wildman–Crippen MR) is 142 cm³/mol. The third kappa shape index (κ3) is 4.83. The van der Waals surface area contributed by atoms with E-state index in [1.165, 1.54) is 10.2 Å². The first-order chi connectivity index (χ1) is 17.9. The van der Waals surface area contributed by atoms with Gasteiger partial charge in [0, 0.05) is 36.0 Å². The van der Waals surface area contributed by atoms with Gasteiger partial charge in [-0.25, -0.2) is 12.4 Å². The van der Waals surface area contributed by atoms with Crippen molar-refractivity contribution in [3.8, 4) is 28.0 Å². The second-order valence-electron chi connectivity index (χ2n) is 8.58. The van der Waals surface area contributed by atoms with Gasteiger partial charge in [0.25, 0.3) is 10.0 Å². The Kier molecular flexibility index (Phi) is 6.50. The summed E-state index contributed by atoms with van der Waals surface area (Å²) in [5.41, 5.74) is 4.72. The lowest BCUT2D eigenvalue weighted by Crippen LogP contribution is -2.11. The molecule has 2 heterocycles. The molecule has 2 aromatic heterocycles. The highest BCUT2D eigenvalue weighted by Gasteiger charge is 2.22. The second-order valence-corrected chi connectivity index (χ2v) is 10.4. The van der Waals surface area contributed by atoms with E-state index in [1.54, 1.807) is 49.8 Å². The molecule has 0 saturated carbocycles. The number of methoxy groups -OCH3 is 1. The van der Waals surface area contributed by atoms with Crippen molar-refractivity contribution >= 4 is 26.9 Å². The van der Waals surface area contributed by atoms with E-state index in [4.69, 9.17) is 4.74 Å². The number of benzene rings is 3. The van der Waals surface area contributed by atoms with Gasteiger partial charge in [-0.2, -0.15) is 0 Å². The van der Waals surface area contributed by atoms with Crippen LogP contribution in [-0.4, -0.2) is 35.6 Å². The van der Waals surface area contributed by atoms with E-state index >= 15 is 0 Å². The smallest absolute Gasteiger partial charge is 0.303 e. The van der Waals surface area contributed by atoms with Gasteiger partial charge >= 0.3 is 5.97 Å². The van der Waals surface area contributed by atoms with Crippen LogP contribution < -0.4 is 4.74 Å². The molecule has 0 aliphatic rings. The second kappa shape index (κ2) is 9.91. The Bertz CT molecular complexity index is 1670. The number of fused-ring (bicyclic) bond motifs is 1. The SMILES string of the molecule is COc1ccc(-c2ccc(S(=O)(=O)n3cc(CCC(=O)O)c4cc(-c5cccnc5)ccc43)cc2)cc1. The van der Waals surface area contributed by atoms with Crippen LogP contribution in [0.1, 0.15) is 12.0 Å². The maximum atomic E-state index is 13.7. The molecule has 0 unspecified atom stereocenters. The summed E-state index contributed by atoms with van der Waals surface area (Å²) < 4.78 is 33.9. The summed E-state index contributed by atoms with van der Waals surface area (Å²) in [4.78, 5) is 15.6. The molecule has 0 aliphatic carbocycles. The first kappa shape index (κ1) is 24.3. The molecule has 0 radical (unpaired) electrons. The van der Waals surface area contributed by atoms with E-state index in [-0.39, 0.29) is 17.7 Å². The van der Waals surface area contributed by atoms with Crippen molar-refractivity contribution in [1.82, 2.24) is 8.96 Å². The van der Waals surface area contributed by atoms with Gasteiger partial charge < -0.3 is 9.84 Å². The van der Waals surface area contributed by atoms with Crippen molar-refractivity contribution in [3.05, 3.63) is 103 Å². The average molecular weight is 513 g/mol. The third-order valence-electron chi connectivity index (χ3n) is 6.29. The number of hydrogen-bond acceptors (Lipinski definition) is 5. The molecule has 1 N–H and O–H groups in total. The van der Waals surface area contributed by atoms with Crippen molar-refractivity contribution < 1.29 is 23.1 Å². The number of aliphatic carboxylic acids is 1. The Morgan fingerprint density at radius 1 is 0.919 bits per heavy atom. The van der Waals surface area contributed by atoms with Gasteiger partial charge in [-0.3, -0.25) is 9.78 Å². The molecular weight excluding hydrogens is 488 g/mol. The minimum absolute atomic E-state index is 0.104. The zero-order valence-corrected chi connectivity index (χ0v) is 20.9. The molecular formula is C29H24N2O5S. The van der Waals surface area contributed by atoms with Gasteiger partial charge in [-0.15, -0.1) is 0 Å². The summed E-state index contributed by atoms with van der Waals surface area (Å²) >= 11 is 0. The molecule has 0 atom stereocenters. The van der Waals surface area contributed by atoms with Crippen LogP contribution in [0.2, 0.25) is 0 Å². The number of carboxylic acids is 1. The molecule has 0 spiro atoms. The summed E-state index contributed by atoms with van der Waals surface area (Å²) in [7, 11) is -2.33. The fourth-order valence-electron chi connectivity index (χ4n) is 4.34. The van der Waals surface area contributed by atoms with Gasteiger partial charge in [-0.05, 0) is 71.1 Å². The summed E-state index contributed by atoms with van der Waals surface area (Å²) in [5.74, 6) is -0.200. The van der Waals surface area contributed by atoms with Crippen LogP contribution in [0.5, 0.6) is 5.75 Å². The minimum Gasteiger partial charge on any atom is -0.497 e. The highest BCUT2D eigenvalue weighted by atomic mass is 32.2. The number of ether oxygens (including phenoxy) is 1. The third-order valence-corrected chi connectivity index (χ3v) is 7.98. The van der Waals surface area contributed by atoms with E-state index in [0.717, 1.165) is 28.0 Å². The van der Waals surface area contributed by atoms with Crippen LogP contribution in [0.4, 0.5) is 0 Å². The van der Waals surface area contributed by atoms with E-state index in [0.29, 0.717) is 16.5 Å². The largest absolute Gasteiger partial charge is 0.497 e. The lowest BCUT2D eigenvalue weighted by atomic mass is 10.0. The molecule has 8 heteroatoms. The molecule has 3 aromatic carbocycles. The van der Waals surface area contributed by atoms with E-state index < -0.39 is 16.0 Å². The molecule has 37 heavy (non-hydrogen) atoms. The Labute approximate surface area is 214 Å². The number of hydrogen-bond donors (Lipinski definition) is 1. The highest BCUT2D eigenvalue weighted by molar-refractivity contribution is 7.90. The van der Waals surface area contributed by atoms with Crippen LogP contribution in [0.3, 0.4) is 0 Å². The standard InChI is InChI=1S/C29H24N2O5S/c1-36-25-10-4-20(5-11-25)21-6-12-26(13-7-21)37(34,35)31-19-24(9-15-29(32)33)27-17-22(8-14-28(27)31)23-3-2-16-30-18-23/h2-8,10-14,16-19H,9,15H2,1H3,(H,32,33). The monoisotopic (exact) mass is 512 g/mol. The van der Waals surface area contributed by atoms with Crippen molar-refractivity contribution in [1.29, 1.82) is 0 Å². The van der Waals surface area contributed by atoms with Gasteiger partial charge in [0.1, 0.15) is 5.75 Å². The van der Waals surface area contributed by atoms with Crippen LogP contribution in [0.25, 0.3) is 33.2 Å². The highest BCUT2D eigenvalue weighted by Crippen LogP contribution is 2.32. The number of rotatable bonds is 8. The first-order valence-corrected chi connectivity index (χ1v) is 13.1. The van der Waals surface area contributed by atoms with Crippen molar-refractivity contribution in [3.63, 3.8) is 0 Å². The van der Waals surface area contributed by atoms with E-state index in [9.17, 15) is 18.3 Å². The van der Waals surface area contributed by atoms with Crippen molar-refractivity contribution in [2.75, 3.05) is 7.11 Å². The minimum atomic E-state index is -3.93. The fourth-order valence-corrected chi connectivity index (χ4v) is 5.73. The first-order valence-electron chi connectivity index (χ1n) is 11.6. The maximum Gasteiger partial charge on any atom is 0.303 e. The maximum absolute atomic E-state index is 13.7. The van der Waals surface area contributed by atoms with Gasteiger partial charge in [-0.1, -0.05) is 36.4 Å². The fraction of sp³-hybridized carbons (Fsp3) is 0.103. The van der Waals surface area contributed by atoms with Crippen LogP contribution in [0, 0.1) is 0 Å². The van der Waals surface area contributed by atoms with Crippen molar-refractivity contribution in [2.45, 2.75) is 17.7 Å². The molecule has 0 bridgehead atoms. The summed E-state index contributed by atoms with van der Waals surface area (Å²) in [5, 5.41) is 9.93. The number of carboxylic acid groups (broad SMARTS) is 1. The van der Waals surface area contributed by atoms with E-state index in [2.05, 4.69) is 4.98 Å². The molecule has 186 valence electrons. The van der Waals surface area contributed by atoms with Crippen LogP contribution in [-0.2, 0) is 21.2 Å². The average Bonchev–Trinajstić information content (AvgIpc) is 3.31. The number of carbonyl (C=O) groups is 1. The topological polar surface area (TPSA) is 98.5 Å². The zero-order chi connectivity index (χ0) is 26.0. The Hall–Kier alpha value is -4.43. The quantitative estimate of drug-likeness (QED) is 0.289. The lowest BCUT2D eigenvalue weighted by molar-refractivity contribution is -0.136. The lowest BCUT2D eigenvalue weighted by Gasteiger charge is -2.10. The Balaban J connectivity index is 1.56. The Morgan fingerprint density at radius 3 is 2.22 bits per heavy atom. The molecule has 0 saturated heterocycles. The summed E-state index contributed by atoms with van der Waals surface area (Å²) in [6, 6.07) is 23.5. The Morgan fingerprint density at radius 2 is 1.59 bits per heavy atom. The van der Waals surface area contributed by atoms with E-state index in [1.807, 2.05) is 48.5 Å². The number of aryl methyl sites for hydroxylation is 1. The molecule has 5 rings (SSSR count). The van der Waals surface area contributed by atoms with Crippen molar-refractivity contribution in [2.24, 2.45) is 0 Å². The van der Waals surface area contributed by atoms with Crippen LogP contribution in [0.15, 0.2) is 102 Å². The molecule has 0 fully saturated rings. The number of pyridine rings is 1. The van der Waals surface area contributed by atoms with Gasteiger partial charge in [0.15, 0.2) is 0 Å². The predicted octanol–water partition coefficient (Wildman–Crippen LogP) is 5.63. The molecule has 0 amide bonds. The molecule has 7 nitrogen and oxygen atoms in total. The molecule has 0 aliphatic heterocycles. The van der Waals surface area contributed by atoms with Gasteiger partial charge in [0.2, 0.25) is 0 Å². The van der Waals surface area contributed by atoms with Crippen LogP contribution >= 0.6 is 0 Å².